The van der Waals surface area contributed by atoms with Gasteiger partial charge in [0, 0.05) is 11.1 Å². The fraction of sp³-hybridized carbons (Fsp3) is 0.300. The molecule has 3 rings (SSSR count). The van der Waals surface area contributed by atoms with Crippen molar-refractivity contribution in [2.45, 2.75) is 39.0 Å². The van der Waals surface area contributed by atoms with Crippen molar-refractivity contribution in [3.8, 4) is 0 Å². The van der Waals surface area contributed by atoms with Crippen molar-refractivity contribution in [1.82, 2.24) is 0 Å². The summed E-state index contributed by atoms with van der Waals surface area (Å²) in [6.45, 7) is 6.90. The molecule has 1 unspecified atom stereocenters. The molecule has 0 saturated heterocycles. The van der Waals surface area contributed by atoms with Gasteiger partial charge in [-0.2, -0.15) is 0 Å². The molecule has 1 aliphatic heterocycles. The average Bonchev–Trinajstić information content (AvgIpc) is 2.76. The van der Waals surface area contributed by atoms with Gasteiger partial charge in [-0.25, -0.2) is 14.1 Å². The summed E-state index contributed by atoms with van der Waals surface area (Å²) in [5.74, 6) is -0.950. The zero-order valence-electron chi connectivity index (χ0n) is 14.7. The molecule has 0 fully saturated rings. The lowest BCUT2D eigenvalue weighted by Gasteiger charge is -2.24. The molecule has 0 spiro atoms. The van der Waals surface area contributed by atoms with E-state index in [1.54, 1.807) is 69.3 Å². The SMILES string of the molecule is Cc1ccc2c(c1)C(F)(c1ccccc1)C(=O)N2C(=O)OC(C)(C)C. The molecule has 5 heteroatoms. The van der Waals surface area contributed by atoms with Crippen molar-refractivity contribution in [2.24, 2.45) is 0 Å². The van der Waals surface area contributed by atoms with Crippen molar-refractivity contribution >= 4 is 17.7 Å². The number of nitrogens with zero attached hydrogens (tertiary/aromatic N) is 1. The van der Waals surface area contributed by atoms with Crippen molar-refractivity contribution in [3.05, 3.63) is 65.2 Å². The van der Waals surface area contributed by atoms with Crippen molar-refractivity contribution in [1.29, 1.82) is 0 Å². The number of hydrogen-bond donors (Lipinski definition) is 0. The molecule has 0 N–H and O–H groups in total. The second kappa shape index (κ2) is 5.69. The third-order valence-electron chi connectivity index (χ3n) is 4.01. The highest BCUT2D eigenvalue weighted by Crippen LogP contribution is 2.48. The maximum Gasteiger partial charge on any atom is 0.421 e. The Labute approximate surface area is 146 Å². The summed E-state index contributed by atoms with van der Waals surface area (Å²) in [6, 6.07) is 13.1. The Hall–Kier alpha value is -2.69. The summed E-state index contributed by atoms with van der Waals surface area (Å²) in [6.07, 6.45) is -0.877. The van der Waals surface area contributed by atoms with E-state index in [4.69, 9.17) is 4.74 Å². The number of ether oxygens (including phenoxy) is 1. The first-order chi connectivity index (χ1) is 11.6. The van der Waals surface area contributed by atoms with E-state index in [1.165, 1.54) is 0 Å². The van der Waals surface area contributed by atoms with Gasteiger partial charge in [-0.05, 0) is 39.8 Å². The maximum absolute atomic E-state index is 16.1. The molecular formula is C20H20FNO3. The molecule has 2 aromatic rings. The quantitative estimate of drug-likeness (QED) is 0.768. The number of halogens is 1. The number of hydrogen-bond acceptors (Lipinski definition) is 3. The van der Waals surface area contributed by atoms with E-state index in [-0.39, 0.29) is 16.8 Å². The second-order valence-corrected chi connectivity index (χ2v) is 7.17. The number of aryl methyl sites for hydroxylation is 1. The van der Waals surface area contributed by atoms with Crippen LogP contribution in [-0.4, -0.2) is 17.6 Å². The molecule has 2 aromatic carbocycles. The zero-order chi connectivity index (χ0) is 18.4. The number of fused-ring (bicyclic) bond motifs is 1. The Morgan fingerprint density at radius 1 is 1.12 bits per heavy atom. The molecule has 1 heterocycles. The van der Waals surface area contributed by atoms with E-state index in [0.717, 1.165) is 10.5 Å². The van der Waals surface area contributed by atoms with E-state index in [0.29, 0.717) is 0 Å². The molecule has 0 saturated carbocycles. The highest BCUT2D eigenvalue weighted by molar-refractivity contribution is 6.21. The Morgan fingerprint density at radius 3 is 2.36 bits per heavy atom. The lowest BCUT2D eigenvalue weighted by atomic mass is 9.88. The number of carbonyl (C=O) groups excluding carboxylic acids is 2. The largest absolute Gasteiger partial charge is 0.443 e. The number of carbonyl (C=O) groups is 2. The van der Waals surface area contributed by atoms with E-state index in [9.17, 15) is 9.59 Å². The Morgan fingerprint density at radius 2 is 1.76 bits per heavy atom. The monoisotopic (exact) mass is 341 g/mol. The molecule has 130 valence electrons. The fourth-order valence-corrected chi connectivity index (χ4v) is 2.94. The van der Waals surface area contributed by atoms with Crippen LogP contribution >= 0.6 is 0 Å². The minimum absolute atomic E-state index is 0.162. The topological polar surface area (TPSA) is 46.6 Å². The van der Waals surface area contributed by atoms with Crippen molar-refractivity contribution in [2.75, 3.05) is 4.90 Å². The van der Waals surface area contributed by atoms with Gasteiger partial charge in [-0.1, -0.05) is 42.0 Å². The summed E-state index contributed by atoms with van der Waals surface area (Å²) < 4.78 is 21.4. The molecule has 1 aliphatic rings. The lowest BCUT2D eigenvalue weighted by Crippen LogP contribution is -2.44. The predicted octanol–water partition coefficient (Wildman–Crippen LogP) is 4.49. The highest BCUT2D eigenvalue weighted by Gasteiger charge is 2.56. The van der Waals surface area contributed by atoms with Gasteiger partial charge in [0.15, 0.2) is 0 Å². The van der Waals surface area contributed by atoms with Crippen LogP contribution in [0.5, 0.6) is 0 Å². The third-order valence-corrected chi connectivity index (χ3v) is 4.01. The molecule has 2 amide bonds. The van der Waals surface area contributed by atoms with Crippen LogP contribution in [0.4, 0.5) is 14.9 Å². The zero-order valence-corrected chi connectivity index (χ0v) is 14.7. The normalized spacial score (nSPS) is 19.7. The summed E-state index contributed by atoms with van der Waals surface area (Å²) >= 11 is 0. The van der Waals surface area contributed by atoms with Gasteiger partial charge in [-0.3, -0.25) is 4.79 Å². The van der Waals surface area contributed by atoms with E-state index < -0.39 is 23.3 Å². The lowest BCUT2D eigenvalue weighted by molar-refractivity contribution is -0.126. The predicted molar refractivity (Wildman–Crippen MR) is 93.2 cm³/mol. The van der Waals surface area contributed by atoms with E-state index in [2.05, 4.69) is 0 Å². The van der Waals surface area contributed by atoms with Crippen LogP contribution in [0.15, 0.2) is 48.5 Å². The second-order valence-electron chi connectivity index (χ2n) is 7.17. The van der Waals surface area contributed by atoms with Crippen LogP contribution in [0.3, 0.4) is 0 Å². The smallest absolute Gasteiger partial charge is 0.421 e. The number of amides is 2. The van der Waals surface area contributed by atoms with Crippen LogP contribution in [0.1, 0.15) is 37.5 Å². The van der Waals surface area contributed by atoms with Crippen LogP contribution in [0, 0.1) is 6.92 Å². The van der Waals surface area contributed by atoms with Crippen LogP contribution in [0.25, 0.3) is 0 Å². The number of rotatable bonds is 1. The molecule has 1 atom stereocenters. The molecule has 0 aromatic heterocycles. The standard InChI is InChI=1S/C20H20FNO3/c1-13-10-11-16-15(12-13)20(21,14-8-6-5-7-9-14)17(23)22(16)18(24)25-19(2,3)4/h5-12H,1-4H3. The first-order valence-corrected chi connectivity index (χ1v) is 8.08. The molecule has 4 nitrogen and oxygen atoms in total. The summed E-state index contributed by atoms with van der Waals surface area (Å²) in [5.41, 5.74) is -1.84. The van der Waals surface area contributed by atoms with Crippen LogP contribution in [-0.2, 0) is 15.2 Å². The summed E-state index contributed by atoms with van der Waals surface area (Å²) in [4.78, 5) is 26.3. The van der Waals surface area contributed by atoms with Gasteiger partial charge in [0.05, 0.1) is 5.69 Å². The molecule has 0 bridgehead atoms. The van der Waals surface area contributed by atoms with Crippen molar-refractivity contribution in [3.63, 3.8) is 0 Å². The van der Waals surface area contributed by atoms with Gasteiger partial charge >= 0.3 is 6.09 Å². The molecule has 0 radical (unpaired) electrons. The minimum Gasteiger partial charge on any atom is -0.443 e. The Bertz CT molecular complexity index is 842. The molecule has 0 aliphatic carbocycles. The Balaban J connectivity index is 2.17. The average molecular weight is 341 g/mol. The van der Waals surface area contributed by atoms with Gasteiger partial charge in [0.25, 0.3) is 5.91 Å². The number of anilines is 1. The number of benzene rings is 2. The summed E-state index contributed by atoms with van der Waals surface area (Å²) in [5, 5.41) is 0. The van der Waals surface area contributed by atoms with Gasteiger partial charge < -0.3 is 4.74 Å². The van der Waals surface area contributed by atoms with Gasteiger partial charge in [0.2, 0.25) is 5.67 Å². The third kappa shape index (κ3) is 2.80. The number of imide groups is 1. The van der Waals surface area contributed by atoms with Gasteiger partial charge in [-0.15, -0.1) is 0 Å². The highest BCUT2D eigenvalue weighted by atomic mass is 19.1. The first-order valence-electron chi connectivity index (χ1n) is 8.08. The van der Waals surface area contributed by atoms with Gasteiger partial charge in [0.1, 0.15) is 5.60 Å². The molecular weight excluding hydrogens is 321 g/mol. The fourth-order valence-electron chi connectivity index (χ4n) is 2.94. The molecule has 25 heavy (non-hydrogen) atoms. The van der Waals surface area contributed by atoms with E-state index >= 15 is 4.39 Å². The maximum atomic E-state index is 16.1. The van der Waals surface area contributed by atoms with Crippen LogP contribution in [0.2, 0.25) is 0 Å². The minimum atomic E-state index is -2.42. The van der Waals surface area contributed by atoms with Crippen molar-refractivity contribution < 1.29 is 18.7 Å². The first kappa shape index (κ1) is 17.1. The van der Waals surface area contributed by atoms with E-state index in [1.807, 2.05) is 6.92 Å². The number of alkyl halides is 1. The summed E-state index contributed by atoms with van der Waals surface area (Å²) in [7, 11) is 0. The van der Waals surface area contributed by atoms with Crippen LogP contribution < -0.4 is 4.90 Å². The Kier molecular flexibility index (Phi) is 3.90.